The first-order chi connectivity index (χ1) is 5.74. The highest BCUT2D eigenvalue weighted by atomic mass is 16.1. The lowest BCUT2D eigenvalue weighted by atomic mass is 9.98. The summed E-state index contributed by atoms with van der Waals surface area (Å²) in [5.41, 5.74) is 5.19. The van der Waals surface area contributed by atoms with Gasteiger partial charge in [-0.3, -0.25) is 4.79 Å². The Morgan fingerprint density at radius 2 is 2.50 bits per heavy atom. The normalized spacial score (nSPS) is 29.2. The Balaban J connectivity index is 2.41. The van der Waals surface area contributed by atoms with E-state index < -0.39 is 0 Å². The van der Waals surface area contributed by atoms with Crippen LogP contribution in [0.4, 0.5) is 0 Å². The molecule has 1 unspecified atom stereocenters. The minimum absolute atomic E-state index is 0.0119. The molecule has 12 heavy (non-hydrogen) atoms. The molecule has 0 aliphatic carbocycles. The Morgan fingerprint density at radius 1 is 1.75 bits per heavy atom. The van der Waals surface area contributed by atoms with Gasteiger partial charge >= 0.3 is 0 Å². The molecule has 1 amide bonds. The van der Waals surface area contributed by atoms with Gasteiger partial charge in [0.05, 0.1) is 19.0 Å². The number of carbonyl (C=O) groups excluding carboxylic acids is 1. The zero-order chi connectivity index (χ0) is 8.97. The second kappa shape index (κ2) is 4.07. The maximum absolute atomic E-state index is 10.8. The van der Waals surface area contributed by atoms with Crippen LogP contribution in [0.2, 0.25) is 0 Å². The molecule has 1 aliphatic rings. The van der Waals surface area contributed by atoms with Gasteiger partial charge in [0.2, 0.25) is 5.91 Å². The summed E-state index contributed by atoms with van der Waals surface area (Å²) >= 11 is 0. The van der Waals surface area contributed by atoms with E-state index in [1.807, 2.05) is 0 Å². The van der Waals surface area contributed by atoms with Crippen LogP contribution in [0.3, 0.4) is 0 Å². The number of quaternary nitrogens is 1. The average molecular weight is 168 g/mol. The van der Waals surface area contributed by atoms with Crippen LogP contribution in [-0.2, 0) is 4.79 Å². The van der Waals surface area contributed by atoms with Crippen LogP contribution in [0, 0.1) is 17.2 Å². The molecule has 1 saturated heterocycles. The van der Waals surface area contributed by atoms with E-state index in [2.05, 4.69) is 6.07 Å². The van der Waals surface area contributed by atoms with Crippen molar-refractivity contribution in [3.8, 4) is 6.07 Å². The molecule has 0 spiro atoms. The number of nitrogens with one attached hydrogen (secondary N) is 1. The average Bonchev–Trinajstić information content (AvgIpc) is 2.05. The van der Waals surface area contributed by atoms with E-state index in [0.29, 0.717) is 6.54 Å². The first kappa shape index (κ1) is 9.01. The van der Waals surface area contributed by atoms with Crippen molar-refractivity contribution < 1.29 is 9.69 Å². The Hall–Kier alpha value is -1.08. The number of nitriles is 1. The minimum atomic E-state index is -0.217. The van der Waals surface area contributed by atoms with E-state index in [-0.39, 0.29) is 11.8 Å². The van der Waals surface area contributed by atoms with Crippen LogP contribution in [0.5, 0.6) is 0 Å². The van der Waals surface area contributed by atoms with Gasteiger partial charge in [0, 0.05) is 0 Å². The van der Waals surface area contributed by atoms with Crippen molar-refractivity contribution in [3.63, 3.8) is 0 Å². The van der Waals surface area contributed by atoms with Gasteiger partial charge in [-0.2, -0.15) is 5.26 Å². The highest BCUT2D eigenvalue weighted by Gasteiger charge is 2.26. The maximum Gasteiger partial charge on any atom is 0.226 e. The Morgan fingerprint density at radius 3 is 3.08 bits per heavy atom. The van der Waals surface area contributed by atoms with Crippen LogP contribution in [0.15, 0.2) is 0 Å². The molecule has 4 nitrogen and oxygen atoms in total. The first-order valence-electron chi connectivity index (χ1n) is 4.24. The Bertz CT molecular complexity index is 209. The fraction of sp³-hybridized carbons (Fsp3) is 0.750. The number of rotatable bonds is 2. The number of piperidine rings is 1. The minimum Gasteiger partial charge on any atom is -0.369 e. The third-order valence-electron chi connectivity index (χ3n) is 2.35. The molecule has 0 aromatic rings. The summed E-state index contributed by atoms with van der Waals surface area (Å²) in [5, 5.41) is 8.46. The summed E-state index contributed by atoms with van der Waals surface area (Å²) in [6.07, 6.45) is 1.90. The number of hydrogen-bond acceptors (Lipinski definition) is 2. The second-order valence-corrected chi connectivity index (χ2v) is 3.28. The molecular formula is C8H14N3O+. The lowest BCUT2D eigenvalue weighted by Gasteiger charge is -2.25. The van der Waals surface area contributed by atoms with Gasteiger partial charge in [-0.15, -0.1) is 0 Å². The molecule has 2 atom stereocenters. The van der Waals surface area contributed by atoms with Crippen molar-refractivity contribution in [1.82, 2.24) is 0 Å². The second-order valence-electron chi connectivity index (χ2n) is 3.28. The van der Waals surface area contributed by atoms with E-state index in [1.54, 1.807) is 0 Å². The van der Waals surface area contributed by atoms with Crippen molar-refractivity contribution in [2.45, 2.75) is 12.8 Å². The van der Waals surface area contributed by atoms with Crippen LogP contribution in [-0.4, -0.2) is 25.5 Å². The topological polar surface area (TPSA) is 71.3 Å². The van der Waals surface area contributed by atoms with Gasteiger partial charge in [0.1, 0.15) is 6.07 Å². The first-order valence-corrected chi connectivity index (χ1v) is 4.24. The molecule has 1 heterocycles. The van der Waals surface area contributed by atoms with Gasteiger partial charge in [-0.05, 0) is 12.8 Å². The largest absolute Gasteiger partial charge is 0.369 e. The quantitative estimate of drug-likeness (QED) is 0.482. The Labute approximate surface area is 71.9 Å². The van der Waals surface area contributed by atoms with Crippen LogP contribution < -0.4 is 10.6 Å². The molecule has 1 aliphatic heterocycles. The third-order valence-corrected chi connectivity index (χ3v) is 2.35. The van der Waals surface area contributed by atoms with Crippen molar-refractivity contribution in [1.29, 1.82) is 5.26 Å². The summed E-state index contributed by atoms with van der Waals surface area (Å²) in [4.78, 5) is 12.0. The number of nitrogens with zero attached hydrogens (tertiary/aromatic N) is 1. The molecule has 1 rings (SSSR count). The predicted octanol–water partition coefficient (Wildman–Crippen LogP) is -1.71. The van der Waals surface area contributed by atoms with Crippen molar-refractivity contribution in [2.75, 3.05) is 19.6 Å². The molecule has 0 bridgehead atoms. The fourth-order valence-electron chi connectivity index (χ4n) is 1.67. The molecule has 0 aromatic carbocycles. The molecule has 1 fully saturated rings. The lowest BCUT2D eigenvalue weighted by molar-refractivity contribution is -0.900. The highest BCUT2D eigenvalue weighted by molar-refractivity contribution is 5.76. The zero-order valence-corrected chi connectivity index (χ0v) is 7.05. The molecule has 0 aromatic heterocycles. The Kier molecular flexibility index (Phi) is 3.06. The smallest absolute Gasteiger partial charge is 0.226 e. The van der Waals surface area contributed by atoms with Crippen LogP contribution in [0.25, 0.3) is 0 Å². The number of amides is 1. The van der Waals surface area contributed by atoms with Crippen molar-refractivity contribution in [3.05, 3.63) is 0 Å². The van der Waals surface area contributed by atoms with Gasteiger partial charge in [0.15, 0.2) is 6.54 Å². The van der Waals surface area contributed by atoms with E-state index in [1.165, 1.54) is 4.90 Å². The molecule has 0 radical (unpaired) electrons. The van der Waals surface area contributed by atoms with Gasteiger partial charge < -0.3 is 10.6 Å². The van der Waals surface area contributed by atoms with Crippen molar-refractivity contribution in [2.24, 2.45) is 11.7 Å². The molecule has 4 heteroatoms. The lowest BCUT2D eigenvalue weighted by Crippen LogP contribution is -3.13. The molecule has 3 N–H and O–H groups in total. The monoisotopic (exact) mass is 168 g/mol. The number of primary amides is 1. The van der Waals surface area contributed by atoms with Crippen molar-refractivity contribution >= 4 is 5.91 Å². The fourth-order valence-corrected chi connectivity index (χ4v) is 1.67. The van der Waals surface area contributed by atoms with E-state index in [9.17, 15) is 4.79 Å². The predicted molar refractivity (Wildman–Crippen MR) is 43.1 cm³/mol. The van der Waals surface area contributed by atoms with Gasteiger partial charge in [-0.1, -0.05) is 0 Å². The van der Waals surface area contributed by atoms with E-state index in [0.717, 1.165) is 25.9 Å². The van der Waals surface area contributed by atoms with E-state index in [4.69, 9.17) is 11.0 Å². The van der Waals surface area contributed by atoms with E-state index >= 15 is 0 Å². The van der Waals surface area contributed by atoms with Crippen LogP contribution >= 0.6 is 0 Å². The summed E-state index contributed by atoms with van der Waals surface area (Å²) < 4.78 is 0. The molecule has 0 saturated carbocycles. The third kappa shape index (κ3) is 2.21. The van der Waals surface area contributed by atoms with Crippen LogP contribution in [0.1, 0.15) is 12.8 Å². The SMILES string of the molecule is N#CC[NH+]1CCC[C@@H](C(N)=O)C1. The summed E-state index contributed by atoms with van der Waals surface area (Å²) in [6.45, 7) is 2.23. The molecular weight excluding hydrogens is 154 g/mol. The number of carbonyl (C=O) groups is 1. The summed E-state index contributed by atoms with van der Waals surface area (Å²) in [5.74, 6) is -0.229. The number of likely N-dealkylation sites (tertiary alicyclic amines) is 1. The van der Waals surface area contributed by atoms with Gasteiger partial charge in [0.25, 0.3) is 0 Å². The van der Waals surface area contributed by atoms with Gasteiger partial charge in [-0.25, -0.2) is 0 Å². The molecule has 66 valence electrons. The zero-order valence-electron chi connectivity index (χ0n) is 7.05. The summed E-state index contributed by atoms with van der Waals surface area (Å²) in [6, 6.07) is 2.11. The number of nitrogens with two attached hydrogens (primary N) is 1. The highest BCUT2D eigenvalue weighted by Crippen LogP contribution is 2.05. The maximum atomic E-state index is 10.8. The summed E-state index contributed by atoms with van der Waals surface area (Å²) in [7, 11) is 0. The number of hydrogen-bond donors (Lipinski definition) is 2. The standard InChI is InChI=1S/C8H13N3O/c9-3-5-11-4-1-2-7(6-11)8(10)12/h7H,1-2,4-6H2,(H2,10,12)/p+1/t7-/m1/s1.